The first-order valence-electron chi connectivity index (χ1n) is 4.68. The maximum Gasteiger partial charge on any atom is 0.236 e. The fraction of sp³-hybridized carbons (Fsp3) is 0.889. The number of hydrogen-bond donors (Lipinski definition) is 1. The molecule has 0 aliphatic carbocycles. The predicted molar refractivity (Wildman–Crippen MR) is 48.9 cm³/mol. The van der Waals surface area contributed by atoms with Crippen LogP contribution in [0.1, 0.15) is 20.3 Å². The minimum absolute atomic E-state index is 0.251. The van der Waals surface area contributed by atoms with E-state index in [1.807, 2.05) is 4.90 Å². The van der Waals surface area contributed by atoms with Gasteiger partial charge in [0.15, 0.2) is 0 Å². The third kappa shape index (κ3) is 2.81. The maximum atomic E-state index is 11.4. The number of amides is 1. The Morgan fingerprint density at radius 3 is 3.00 bits per heavy atom. The van der Waals surface area contributed by atoms with Gasteiger partial charge in [0.2, 0.25) is 5.91 Å². The summed E-state index contributed by atoms with van der Waals surface area (Å²) in [6, 6.07) is 0. The van der Waals surface area contributed by atoms with Gasteiger partial charge in [-0.2, -0.15) is 0 Å². The molecular formula is C9H18N2O. The zero-order valence-corrected chi connectivity index (χ0v) is 7.97. The van der Waals surface area contributed by atoms with Crippen LogP contribution in [0.4, 0.5) is 0 Å². The zero-order chi connectivity index (χ0) is 8.97. The van der Waals surface area contributed by atoms with Crippen LogP contribution in [0.2, 0.25) is 0 Å². The largest absolute Gasteiger partial charge is 0.341 e. The summed E-state index contributed by atoms with van der Waals surface area (Å²) in [6.07, 6.45) is 1.08. The lowest BCUT2D eigenvalue weighted by Gasteiger charge is -2.21. The quantitative estimate of drug-likeness (QED) is 0.653. The number of rotatable bonds is 2. The Morgan fingerprint density at radius 2 is 2.33 bits per heavy atom. The summed E-state index contributed by atoms with van der Waals surface area (Å²) >= 11 is 0. The van der Waals surface area contributed by atoms with Crippen LogP contribution in [0, 0.1) is 5.92 Å². The Labute approximate surface area is 74.1 Å². The molecule has 1 heterocycles. The molecule has 0 spiro atoms. The van der Waals surface area contributed by atoms with Gasteiger partial charge in [0.1, 0.15) is 0 Å². The molecule has 0 aromatic heterocycles. The van der Waals surface area contributed by atoms with Gasteiger partial charge in [-0.1, -0.05) is 13.8 Å². The molecule has 1 fully saturated rings. The van der Waals surface area contributed by atoms with Gasteiger partial charge >= 0.3 is 0 Å². The molecular weight excluding hydrogens is 152 g/mol. The average molecular weight is 170 g/mol. The molecule has 1 aliphatic rings. The van der Waals surface area contributed by atoms with E-state index in [0.717, 1.165) is 26.1 Å². The molecule has 0 aromatic rings. The molecule has 0 radical (unpaired) electrons. The molecule has 12 heavy (non-hydrogen) atoms. The molecule has 0 atom stereocenters. The highest BCUT2D eigenvalue weighted by molar-refractivity contribution is 5.78. The molecule has 1 amide bonds. The zero-order valence-electron chi connectivity index (χ0n) is 7.97. The summed E-state index contributed by atoms with van der Waals surface area (Å²) in [5, 5.41) is 3.11. The molecule has 0 aromatic carbocycles. The van der Waals surface area contributed by atoms with E-state index in [2.05, 4.69) is 19.2 Å². The van der Waals surface area contributed by atoms with Gasteiger partial charge in [-0.05, 0) is 18.9 Å². The predicted octanol–water partition coefficient (Wildman–Crippen LogP) is 0.464. The topological polar surface area (TPSA) is 32.3 Å². The third-order valence-electron chi connectivity index (χ3n) is 2.00. The van der Waals surface area contributed by atoms with Gasteiger partial charge in [0.25, 0.3) is 0 Å². The van der Waals surface area contributed by atoms with Crippen molar-refractivity contribution in [2.45, 2.75) is 20.3 Å². The van der Waals surface area contributed by atoms with Gasteiger partial charge in [-0.25, -0.2) is 0 Å². The van der Waals surface area contributed by atoms with Gasteiger partial charge in [0, 0.05) is 13.1 Å². The van der Waals surface area contributed by atoms with Crippen molar-refractivity contribution in [3.05, 3.63) is 0 Å². The van der Waals surface area contributed by atoms with Crippen LogP contribution in [0.25, 0.3) is 0 Å². The van der Waals surface area contributed by atoms with E-state index in [0.29, 0.717) is 12.5 Å². The minimum Gasteiger partial charge on any atom is -0.341 e. The minimum atomic E-state index is 0.251. The van der Waals surface area contributed by atoms with Crippen LogP contribution < -0.4 is 5.32 Å². The first-order chi connectivity index (χ1) is 5.70. The molecule has 70 valence electrons. The van der Waals surface area contributed by atoms with Crippen molar-refractivity contribution in [2.75, 3.05) is 26.2 Å². The fourth-order valence-corrected chi connectivity index (χ4v) is 1.46. The summed E-state index contributed by atoms with van der Waals surface area (Å²) in [5.41, 5.74) is 0. The monoisotopic (exact) mass is 170 g/mol. The number of nitrogens with zero attached hydrogens (tertiary/aromatic N) is 1. The second kappa shape index (κ2) is 4.45. The second-order valence-corrected chi connectivity index (χ2v) is 3.76. The molecule has 1 N–H and O–H groups in total. The highest BCUT2D eigenvalue weighted by Crippen LogP contribution is 2.02. The number of carbonyl (C=O) groups excluding carboxylic acids is 1. The van der Waals surface area contributed by atoms with Crippen molar-refractivity contribution in [1.29, 1.82) is 0 Å². The highest BCUT2D eigenvalue weighted by Gasteiger charge is 2.16. The Balaban J connectivity index is 2.42. The molecule has 1 rings (SSSR count). The molecule has 0 bridgehead atoms. The van der Waals surface area contributed by atoms with Gasteiger partial charge < -0.3 is 10.2 Å². The van der Waals surface area contributed by atoms with Crippen molar-refractivity contribution in [1.82, 2.24) is 10.2 Å². The van der Waals surface area contributed by atoms with E-state index in [1.165, 1.54) is 0 Å². The first kappa shape index (κ1) is 9.52. The van der Waals surface area contributed by atoms with E-state index in [-0.39, 0.29) is 5.91 Å². The van der Waals surface area contributed by atoms with Crippen LogP contribution in [-0.4, -0.2) is 37.0 Å². The summed E-state index contributed by atoms with van der Waals surface area (Å²) in [5.74, 6) is 0.827. The lowest BCUT2D eigenvalue weighted by Crippen LogP contribution is -2.37. The lowest BCUT2D eigenvalue weighted by molar-refractivity contribution is -0.130. The SMILES string of the molecule is CC(C)CN1CCCNCC1=O. The first-order valence-corrected chi connectivity index (χ1v) is 4.68. The van der Waals surface area contributed by atoms with Crippen LogP contribution in [-0.2, 0) is 4.79 Å². The van der Waals surface area contributed by atoms with Crippen LogP contribution >= 0.6 is 0 Å². The Hall–Kier alpha value is -0.570. The molecule has 0 saturated carbocycles. The Morgan fingerprint density at radius 1 is 1.58 bits per heavy atom. The fourth-order valence-electron chi connectivity index (χ4n) is 1.46. The van der Waals surface area contributed by atoms with E-state index in [4.69, 9.17) is 0 Å². The maximum absolute atomic E-state index is 11.4. The number of nitrogens with one attached hydrogen (secondary N) is 1. The molecule has 0 unspecified atom stereocenters. The summed E-state index contributed by atoms with van der Waals surface area (Å²) in [7, 11) is 0. The van der Waals surface area contributed by atoms with Crippen molar-refractivity contribution in [3.63, 3.8) is 0 Å². The Bertz CT molecular complexity index is 157. The smallest absolute Gasteiger partial charge is 0.236 e. The van der Waals surface area contributed by atoms with Crippen molar-refractivity contribution in [3.8, 4) is 0 Å². The normalized spacial score (nSPS) is 19.9. The Kier molecular flexibility index (Phi) is 3.53. The van der Waals surface area contributed by atoms with E-state index in [1.54, 1.807) is 0 Å². The van der Waals surface area contributed by atoms with Crippen LogP contribution in [0.15, 0.2) is 0 Å². The average Bonchev–Trinajstić information content (AvgIpc) is 2.16. The molecule has 1 saturated heterocycles. The third-order valence-corrected chi connectivity index (χ3v) is 2.00. The summed E-state index contributed by atoms with van der Waals surface area (Å²) < 4.78 is 0. The van der Waals surface area contributed by atoms with Gasteiger partial charge in [-0.15, -0.1) is 0 Å². The number of hydrogen-bond acceptors (Lipinski definition) is 2. The van der Waals surface area contributed by atoms with Gasteiger partial charge in [0.05, 0.1) is 6.54 Å². The molecule has 3 nitrogen and oxygen atoms in total. The highest BCUT2D eigenvalue weighted by atomic mass is 16.2. The summed E-state index contributed by atoms with van der Waals surface area (Å²) in [4.78, 5) is 13.4. The van der Waals surface area contributed by atoms with E-state index >= 15 is 0 Å². The molecule has 1 aliphatic heterocycles. The summed E-state index contributed by atoms with van der Waals surface area (Å²) in [6.45, 7) is 7.61. The number of carbonyl (C=O) groups is 1. The van der Waals surface area contributed by atoms with Crippen molar-refractivity contribution >= 4 is 5.91 Å². The molecule has 3 heteroatoms. The van der Waals surface area contributed by atoms with E-state index in [9.17, 15) is 4.79 Å². The second-order valence-electron chi connectivity index (χ2n) is 3.76. The van der Waals surface area contributed by atoms with Crippen molar-refractivity contribution < 1.29 is 4.79 Å². The van der Waals surface area contributed by atoms with Crippen LogP contribution in [0.3, 0.4) is 0 Å². The van der Waals surface area contributed by atoms with E-state index < -0.39 is 0 Å². The standard InChI is InChI=1S/C9H18N2O/c1-8(2)7-11-5-3-4-10-6-9(11)12/h8,10H,3-7H2,1-2H3. The van der Waals surface area contributed by atoms with Crippen molar-refractivity contribution in [2.24, 2.45) is 5.92 Å². The van der Waals surface area contributed by atoms with Gasteiger partial charge in [-0.3, -0.25) is 4.79 Å². The van der Waals surface area contributed by atoms with Crippen LogP contribution in [0.5, 0.6) is 0 Å². The lowest BCUT2D eigenvalue weighted by atomic mass is 10.2.